The summed E-state index contributed by atoms with van der Waals surface area (Å²) in [5.41, 5.74) is 8.24. The van der Waals surface area contributed by atoms with Crippen molar-refractivity contribution in [2.75, 3.05) is 0 Å². The molecule has 21 heavy (non-hydrogen) atoms. The number of hydrogen-bond acceptors (Lipinski definition) is 1. The highest BCUT2D eigenvalue weighted by molar-refractivity contribution is 5.88. The van der Waals surface area contributed by atoms with E-state index in [9.17, 15) is 4.39 Å². The Bertz CT molecular complexity index is 784. The van der Waals surface area contributed by atoms with Crippen molar-refractivity contribution in [2.45, 2.75) is 27.2 Å². The van der Waals surface area contributed by atoms with Crippen LogP contribution in [0.4, 0.5) is 4.39 Å². The van der Waals surface area contributed by atoms with E-state index in [-0.39, 0.29) is 5.82 Å². The van der Waals surface area contributed by atoms with E-state index in [1.807, 2.05) is 25.3 Å². The smallest absolute Gasteiger partial charge is 0.126 e. The van der Waals surface area contributed by atoms with Crippen LogP contribution in [0.1, 0.15) is 34.9 Å². The second-order valence-electron chi connectivity index (χ2n) is 5.69. The highest BCUT2D eigenvalue weighted by Gasteiger charge is 2.22. The van der Waals surface area contributed by atoms with Crippen molar-refractivity contribution in [3.05, 3.63) is 82.0 Å². The molecule has 1 nitrogen and oxygen atoms in total. The van der Waals surface area contributed by atoms with Crippen LogP contribution in [0.3, 0.4) is 0 Å². The Morgan fingerprint density at radius 2 is 1.86 bits per heavy atom. The molecule has 0 bridgehead atoms. The second kappa shape index (κ2) is 4.96. The first-order valence-corrected chi connectivity index (χ1v) is 7.09. The van der Waals surface area contributed by atoms with E-state index in [1.54, 1.807) is 13.0 Å². The highest BCUT2D eigenvalue weighted by Crippen LogP contribution is 2.38. The largest absolute Gasteiger partial charge is 0.260 e. The zero-order valence-electron chi connectivity index (χ0n) is 12.6. The van der Waals surface area contributed by atoms with Gasteiger partial charge in [-0.3, -0.25) is 4.98 Å². The van der Waals surface area contributed by atoms with Crippen LogP contribution in [-0.2, 0) is 6.42 Å². The van der Waals surface area contributed by atoms with E-state index in [0.717, 1.165) is 40.0 Å². The van der Waals surface area contributed by atoms with Crippen LogP contribution in [0.15, 0.2) is 48.2 Å². The predicted molar refractivity (Wildman–Crippen MR) is 84.7 cm³/mol. The number of benzene rings is 1. The maximum atomic E-state index is 13.8. The van der Waals surface area contributed by atoms with Crippen LogP contribution in [0.2, 0.25) is 0 Å². The number of aryl methyl sites for hydroxylation is 2. The normalized spacial score (nSPS) is 14.4. The zero-order valence-corrected chi connectivity index (χ0v) is 12.6. The van der Waals surface area contributed by atoms with Crippen molar-refractivity contribution in [2.24, 2.45) is 0 Å². The first kappa shape index (κ1) is 13.7. The lowest BCUT2D eigenvalue weighted by atomic mass is 9.81. The van der Waals surface area contributed by atoms with Crippen LogP contribution in [0.5, 0.6) is 0 Å². The van der Waals surface area contributed by atoms with Crippen molar-refractivity contribution in [3.8, 4) is 0 Å². The van der Waals surface area contributed by atoms with Crippen molar-refractivity contribution < 1.29 is 4.39 Å². The lowest BCUT2D eigenvalue weighted by Crippen LogP contribution is -2.10. The van der Waals surface area contributed by atoms with Crippen LogP contribution < -0.4 is 0 Å². The van der Waals surface area contributed by atoms with Crippen molar-refractivity contribution in [1.29, 1.82) is 0 Å². The molecule has 0 unspecified atom stereocenters. The summed E-state index contributed by atoms with van der Waals surface area (Å²) >= 11 is 0. The minimum Gasteiger partial charge on any atom is -0.260 e. The molecule has 0 N–H and O–H groups in total. The third-order valence-electron chi connectivity index (χ3n) is 4.22. The fraction of sp³-hybridized carbons (Fsp3) is 0.211. The fourth-order valence-corrected chi connectivity index (χ4v) is 2.92. The molecule has 0 radical (unpaired) electrons. The summed E-state index contributed by atoms with van der Waals surface area (Å²) in [5, 5.41) is 0. The molecule has 106 valence electrons. The van der Waals surface area contributed by atoms with Gasteiger partial charge in [-0.25, -0.2) is 4.39 Å². The lowest BCUT2D eigenvalue weighted by molar-refractivity contribution is 0.617. The minimum atomic E-state index is -0.157. The molecule has 3 rings (SSSR count). The number of pyridine rings is 1. The molecule has 1 aliphatic rings. The molecule has 0 saturated heterocycles. The number of hydrogen-bond donors (Lipinski definition) is 0. The Morgan fingerprint density at radius 1 is 1.10 bits per heavy atom. The number of fused-ring (bicyclic) bond motifs is 1. The Morgan fingerprint density at radius 3 is 2.62 bits per heavy atom. The zero-order chi connectivity index (χ0) is 15.1. The summed E-state index contributed by atoms with van der Waals surface area (Å²) in [6, 6.07) is 7.58. The second-order valence-corrected chi connectivity index (χ2v) is 5.69. The van der Waals surface area contributed by atoms with Crippen molar-refractivity contribution >= 4 is 5.57 Å². The van der Waals surface area contributed by atoms with Crippen LogP contribution >= 0.6 is 0 Å². The number of allylic oxidation sites excluding steroid dienone is 2. The number of aromatic nitrogens is 1. The molecule has 1 heterocycles. The minimum absolute atomic E-state index is 0.157. The maximum absolute atomic E-state index is 13.8. The molecular formula is C19H18FN. The summed E-state index contributed by atoms with van der Waals surface area (Å²) in [4.78, 5) is 4.48. The Kier molecular flexibility index (Phi) is 3.25. The Balaban J connectivity index is 2.32. The van der Waals surface area contributed by atoms with Gasteiger partial charge in [0, 0.05) is 18.2 Å². The van der Waals surface area contributed by atoms with Gasteiger partial charge in [0.1, 0.15) is 5.82 Å². The predicted octanol–water partition coefficient (Wildman–Crippen LogP) is 4.77. The number of rotatable bonds is 1. The van der Waals surface area contributed by atoms with E-state index in [2.05, 4.69) is 24.6 Å². The van der Waals surface area contributed by atoms with Gasteiger partial charge in [-0.15, -0.1) is 0 Å². The van der Waals surface area contributed by atoms with E-state index in [0.29, 0.717) is 5.56 Å². The van der Waals surface area contributed by atoms with Gasteiger partial charge in [-0.2, -0.15) is 0 Å². The summed E-state index contributed by atoms with van der Waals surface area (Å²) in [5.74, 6) is -0.157. The van der Waals surface area contributed by atoms with Gasteiger partial charge in [0.25, 0.3) is 0 Å². The summed E-state index contributed by atoms with van der Waals surface area (Å²) in [6.45, 7) is 10.0. The first-order valence-electron chi connectivity index (χ1n) is 7.09. The van der Waals surface area contributed by atoms with Gasteiger partial charge < -0.3 is 0 Å². The summed E-state index contributed by atoms with van der Waals surface area (Å²) < 4.78 is 13.8. The van der Waals surface area contributed by atoms with Crippen LogP contribution in [0, 0.1) is 19.7 Å². The molecule has 2 aromatic rings. The van der Waals surface area contributed by atoms with E-state index in [1.165, 1.54) is 5.57 Å². The van der Waals surface area contributed by atoms with Gasteiger partial charge in [0.2, 0.25) is 0 Å². The Labute approximate surface area is 124 Å². The quantitative estimate of drug-likeness (QED) is 0.732. The molecule has 1 aromatic carbocycles. The van der Waals surface area contributed by atoms with Crippen LogP contribution in [-0.4, -0.2) is 4.98 Å². The maximum Gasteiger partial charge on any atom is 0.126 e. The third-order valence-corrected chi connectivity index (χ3v) is 4.22. The Hall–Kier alpha value is -2.22. The summed E-state index contributed by atoms with van der Waals surface area (Å²) in [6.07, 6.45) is 2.60. The molecule has 1 aliphatic carbocycles. The van der Waals surface area contributed by atoms with Crippen molar-refractivity contribution in [3.63, 3.8) is 0 Å². The van der Waals surface area contributed by atoms with E-state index >= 15 is 0 Å². The lowest BCUT2D eigenvalue weighted by Gasteiger charge is -2.24. The topological polar surface area (TPSA) is 12.9 Å². The molecule has 1 aromatic heterocycles. The van der Waals surface area contributed by atoms with Gasteiger partial charge in [-0.05, 0) is 72.4 Å². The molecule has 0 atom stereocenters. The van der Waals surface area contributed by atoms with E-state index in [4.69, 9.17) is 0 Å². The van der Waals surface area contributed by atoms with Crippen LogP contribution in [0.25, 0.3) is 5.57 Å². The van der Waals surface area contributed by atoms with Gasteiger partial charge in [-0.1, -0.05) is 12.6 Å². The van der Waals surface area contributed by atoms with E-state index < -0.39 is 0 Å². The average molecular weight is 279 g/mol. The molecule has 0 aliphatic heterocycles. The first-order chi connectivity index (χ1) is 9.99. The molecule has 2 heteroatoms. The SMILES string of the molecule is C=C1Cc2ncccc2C(c2cc(C)c(F)cc2C)=C1C. The van der Waals surface area contributed by atoms with Gasteiger partial charge >= 0.3 is 0 Å². The number of nitrogens with zero attached hydrogens (tertiary/aromatic N) is 1. The highest BCUT2D eigenvalue weighted by atomic mass is 19.1. The fourth-order valence-electron chi connectivity index (χ4n) is 2.92. The van der Waals surface area contributed by atoms with Gasteiger partial charge in [0.15, 0.2) is 0 Å². The molecule has 0 amide bonds. The summed E-state index contributed by atoms with van der Waals surface area (Å²) in [7, 11) is 0. The standard InChI is InChI=1S/C19H18FN/c1-11-10-18-15(6-5-7-21-18)19(14(11)4)16-8-13(3)17(20)9-12(16)2/h5-9H,1,10H2,2-4H3. The molecule has 0 fully saturated rings. The third kappa shape index (κ3) is 2.21. The van der Waals surface area contributed by atoms with Crippen molar-refractivity contribution in [1.82, 2.24) is 4.98 Å². The van der Waals surface area contributed by atoms with Gasteiger partial charge in [0.05, 0.1) is 5.69 Å². The molecule has 0 spiro atoms. The molecular weight excluding hydrogens is 261 g/mol. The average Bonchev–Trinajstić information content (AvgIpc) is 2.45. The monoisotopic (exact) mass is 279 g/mol. The molecule has 0 saturated carbocycles. The number of halogens is 1.